The van der Waals surface area contributed by atoms with Crippen molar-refractivity contribution < 1.29 is 18.7 Å². The SMILES string of the molecule is COC(=O)C[C@@H]1O[C@H](C=C(C)C)C[C@H](O[Si](C)(C)C(C)(C)C)[C@@H]1C. The van der Waals surface area contributed by atoms with Gasteiger partial charge in [-0.1, -0.05) is 39.3 Å². The largest absolute Gasteiger partial charge is 0.469 e. The first kappa shape index (κ1) is 21.4. The van der Waals surface area contributed by atoms with Gasteiger partial charge in [-0.3, -0.25) is 4.79 Å². The monoisotopic (exact) mass is 356 g/mol. The number of carbonyl (C=O) groups is 1. The number of allylic oxidation sites excluding steroid dienone is 1. The fourth-order valence-corrected chi connectivity index (χ4v) is 4.18. The minimum Gasteiger partial charge on any atom is -0.469 e. The van der Waals surface area contributed by atoms with Gasteiger partial charge >= 0.3 is 5.97 Å². The summed E-state index contributed by atoms with van der Waals surface area (Å²) >= 11 is 0. The third kappa shape index (κ3) is 5.71. The molecule has 0 N–H and O–H groups in total. The van der Waals surface area contributed by atoms with Gasteiger partial charge in [0.25, 0.3) is 0 Å². The summed E-state index contributed by atoms with van der Waals surface area (Å²) in [5.74, 6) is -0.0594. The quantitative estimate of drug-likeness (QED) is 0.407. The lowest BCUT2D eigenvalue weighted by Crippen LogP contribution is -2.51. The highest BCUT2D eigenvalue weighted by Gasteiger charge is 2.44. The van der Waals surface area contributed by atoms with Crippen LogP contribution in [0.1, 0.15) is 54.4 Å². The van der Waals surface area contributed by atoms with Crippen LogP contribution in [0.5, 0.6) is 0 Å². The van der Waals surface area contributed by atoms with Crippen LogP contribution < -0.4 is 0 Å². The van der Waals surface area contributed by atoms with Crippen LogP contribution in [0.25, 0.3) is 0 Å². The van der Waals surface area contributed by atoms with Crippen molar-refractivity contribution in [3.05, 3.63) is 11.6 Å². The number of methoxy groups -OCH3 is 1. The minimum absolute atomic E-state index is 0.00405. The Hall–Kier alpha value is -0.653. The molecule has 1 saturated heterocycles. The number of ether oxygens (including phenoxy) is 2. The van der Waals surface area contributed by atoms with Crippen molar-refractivity contribution in [3.63, 3.8) is 0 Å². The Bertz CT molecular complexity index is 460. The molecule has 0 aromatic rings. The van der Waals surface area contributed by atoms with Crippen LogP contribution in [0, 0.1) is 5.92 Å². The molecule has 1 rings (SSSR count). The molecular weight excluding hydrogens is 320 g/mol. The predicted molar refractivity (Wildman–Crippen MR) is 101 cm³/mol. The van der Waals surface area contributed by atoms with Gasteiger partial charge in [0, 0.05) is 12.3 Å². The maximum atomic E-state index is 11.8. The summed E-state index contributed by atoms with van der Waals surface area (Å²) in [6.45, 7) is 17.6. The number of rotatable bonds is 5. The van der Waals surface area contributed by atoms with Crippen molar-refractivity contribution in [2.24, 2.45) is 5.92 Å². The summed E-state index contributed by atoms with van der Waals surface area (Å²) in [6, 6.07) is 0. The summed E-state index contributed by atoms with van der Waals surface area (Å²) in [5, 5.41) is 0.162. The lowest BCUT2D eigenvalue weighted by molar-refractivity contribution is -0.153. The molecule has 4 atom stereocenters. The maximum absolute atomic E-state index is 11.8. The van der Waals surface area contributed by atoms with Crippen molar-refractivity contribution in [2.75, 3.05) is 7.11 Å². The molecule has 24 heavy (non-hydrogen) atoms. The number of carbonyl (C=O) groups excluding carboxylic acids is 1. The summed E-state index contributed by atoms with van der Waals surface area (Å²) < 4.78 is 17.7. The summed E-state index contributed by atoms with van der Waals surface area (Å²) in [6.07, 6.45) is 3.20. The Morgan fingerprint density at radius 1 is 1.29 bits per heavy atom. The molecule has 0 radical (unpaired) electrons. The van der Waals surface area contributed by atoms with E-state index in [0.717, 1.165) is 6.42 Å². The normalized spacial score (nSPS) is 28.4. The highest BCUT2D eigenvalue weighted by molar-refractivity contribution is 6.74. The lowest BCUT2D eigenvalue weighted by atomic mass is 9.88. The van der Waals surface area contributed by atoms with Crippen molar-refractivity contribution in [3.8, 4) is 0 Å². The van der Waals surface area contributed by atoms with Crippen molar-refractivity contribution in [2.45, 2.75) is 90.8 Å². The molecule has 0 aromatic heterocycles. The minimum atomic E-state index is -1.87. The fourth-order valence-electron chi connectivity index (χ4n) is 2.76. The van der Waals surface area contributed by atoms with Gasteiger partial charge in [0.2, 0.25) is 0 Å². The molecular formula is C19H36O4Si. The lowest BCUT2D eigenvalue weighted by Gasteiger charge is -2.46. The molecule has 0 saturated carbocycles. The molecule has 5 heteroatoms. The van der Waals surface area contributed by atoms with Gasteiger partial charge in [-0.05, 0) is 32.0 Å². The van der Waals surface area contributed by atoms with E-state index in [1.807, 2.05) is 0 Å². The van der Waals surface area contributed by atoms with Gasteiger partial charge < -0.3 is 13.9 Å². The first-order valence-electron chi connectivity index (χ1n) is 8.92. The Morgan fingerprint density at radius 2 is 1.88 bits per heavy atom. The smallest absolute Gasteiger partial charge is 0.308 e. The van der Waals surface area contributed by atoms with Gasteiger partial charge in [0.1, 0.15) is 0 Å². The van der Waals surface area contributed by atoms with Crippen LogP contribution in [0.3, 0.4) is 0 Å². The van der Waals surface area contributed by atoms with Crippen LogP contribution in [0.2, 0.25) is 18.1 Å². The van der Waals surface area contributed by atoms with E-state index in [1.54, 1.807) is 0 Å². The molecule has 0 aromatic carbocycles. The van der Waals surface area contributed by atoms with E-state index < -0.39 is 8.32 Å². The van der Waals surface area contributed by atoms with Crippen molar-refractivity contribution in [1.82, 2.24) is 0 Å². The number of hydrogen-bond donors (Lipinski definition) is 0. The maximum Gasteiger partial charge on any atom is 0.308 e. The topological polar surface area (TPSA) is 44.8 Å². The Morgan fingerprint density at radius 3 is 2.33 bits per heavy atom. The summed E-state index contributed by atoms with van der Waals surface area (Å²) in [5.41, 5.74) is 1.22. The Labute approximate surface area is 149 Å². The molecule has 1 aliphatic heterocycles. The zero-order chi connectivity index (χ0) is 18.7. The highest BCUT2D eigenvalue weighted by atomic mass is 28.4. The average molecular weight is 357 g/mol. The molecule has 0 spiro atoms. The second kappa shape index (κ2) is 8.15. The molecule has 0 unspecified atom stereocenters. The van der Waals surface area contributed by atoms with Crippen LogP contribution in [0.15, 0.2) is 11.6 Å². The van der Waals surface area contributed by atoms with E-state index in [4.69, 9.17) is 13.9 Å². The van der Waals surface area contributed by atoms with E-state index >= 15 is 0 Å². The molecule has 0 amide bonds. The molecule has 1 heterocycles. The molecule has 140 valence electrons. The average Bonchev–Trinajstić information content (AvgIpc) is 2.41. The predicted octanol–water partition coefficient (Wildman–Crippen LogP) is 4.70. The van der Waals surface area contributed by atoms with E-state index in [-0.39, 0.29) is 41.7 Å². The van der Waals surface area contributed by atoms with Gasteiger partial charge in [-0.15, -0.1) is 0 Å². The standard InChI is InChI=1S/C19H36O4Si/c1-13(2)10-15-11-17(23-24(8,9)19(4,5)6)14(3)16(22-15)12-18(20)21-7/h10,14-17H,11-12H2,1-9H3/t14-,15-,16+,17+/m1/s1. The van der Waals surface area contributed by atoms with Gasteiger partial charge in [-0.25, -0.2) is 0 Å². The van der Waals surface area contributed by atoms with E-state index in [2.05, 4.69) is 60.7 Å². The first-order valence-corrected chi connectivity index (χ1v) is 11.8. The third-order valence-corrected chi connectivity index (χ3v) is 9.86. The van der Waals surface area contributed by atoms with Gasteiger partial charge in [-0.2, -0.15) is 0 Å². The molecule has 1 fully saturated rings. The molecule has 0 bridgehead atoms. The van der Waals surface area contributed by atoms with Crippen LogP contribution in [-0.4, -0.2) is 39.7 Å². The van der Waals surface area contributed by atoms with Crippen LogP contribution >= 0.6 is 0 Å². The fraction of sp³-hybridized carbons (Fsp3) is 0.842. The Kier molecular flexibility index (Phi) is 7.26. The van der Waals surface area contributed by atoms with Gasteiger partial charge in [0.15, 0.2) is 8.32 Å². The van der Waals surface area contributed by atoms with Crippen LogP contribution in [-0.2, 0) is 18.7 Å². The molecule has 0 aliphatic carbocycles. The number of hydrogen-bond acceptors (Lipinski definition) is 4. The second-order valence-electron chi connectivity index (χ2n) is 8.75. The summed E-state index contributed by atoms with van der Waals surface area (Å²) in [4.78, 5) is 11.8. The zero-order valence-electron chi connectivity index (χ0n) is 16.9. The van der Waals surface area contributed by atoms with E-state index in [9.17, 15) is 4.79 Å². The third-order valence-electron chi connectivity index (χ3n) is 5.35. The molecule has 4 nitrogen and oxygen atoms in total. The zero-order valence-corrected chi connectivity index (χ0v) is 17.9. The van der Waals surface area contributed by atoms with Crippen molar-refractivity contribution >= 4 is 14.3 Å². The van der Waals surface area contributed by atoms with Crippen molar-refractivity contribution in [1.29, 1.82) is 0 Å². The number of esters is 1. The second-order valence-corrected chi connectivity index (χ2v) is 13.5. The summed E-state index contributed by atoms with van der Waals surface area (Å²) in [7, 11) is -0.450. The Balaban J connectivity index is 2.99. The highest BCUT2D eigenvalue weighted by Crippen LogP contribution is 2.41. The van der Waals surface area contributed by atoms with E-state index in [1.165, 1.54) is 12.7 Å². The van der Waals surface area contributed by atoms with Crippen LogP contribution in [0.4, 0.5) is 0 Å². The first-order chi connectivity index (χ1) is 10.9. The van der Waals surface area contributed by atoms with Gasteiger partial charge in [0.05, 0.1) is 31.8 Å². The van der Waals surface area contributed by atoms with E-state index in [0.29, 0.717) is 0 Å². The molecule has 1 aliphatic rings.